The van der Waals surface area contributed by atoms with Crippen LogP contribution in [-0.4, -0.2) is 42.1 Å². The van der Waals surface area contributed by atoms with Crippen LogP contribution in [-0.2, 0) is 0 Å². The van der Waals surface area contributed by atoms with Crippen LogP contribution in [0.2, 0.25) is 0 Å². The van der Waals surface area contributed by atoms with Crippen molar-refractivity contribution in [1.29, 1.82) is 0 Å². The van der Waals surface area contributed by atoms with Gasteiger partial charge in [0.1, 0.15) is 11.6 Å². The molecule has 0 atom stereocenters. The summed E-state index contributed by atoms with van der Waals surface area (Å²) in [5.74, 6) is 0.284. The molecule has 1 heterocycles. The lowest BCUT2D eigenvalue weighted by Gasteiger charge is -2.11. The standard InChI is InChI=1S/C17H17N3O3S/c1-19(2)9-10-23-15-8-7-12(11-14(15)20(21)22)17-18-13-5-3-4-6-16(13)24-17/h3-8,11H,9-10H2,1-2H3. The number of hydrogen-bond donors (Lipinski definition) is 0. The Balaban J connectivity index is 1.92. The van der Waals surface area contributed by atoms with Gasteiger partial charge in [-0.1, -0.05) is 12.1 Å². The highest BCUT2D eigenvalue weighted by Crippen LogP contribution is 2.35. The van der Waals surface area contributed by atoms with E-state index >= 15 is 0 Å². The van der Waals surface area contributed by atoms with Crippen LogP contribution in [0.15, 0.2) is 42.5 Å². The average molecular weight is 343 g/mol. The summed E-state index contributed by atoms with van der Waals surface area (Å²) in [7, 11) is 3.85. The molecular formula is C17H17N3O3S. The summed E-state index contributed by atoms with van der Waals surface area (Å²) in [6.45, 7) is 1.09. The quantitative estimate of drug-likeness (QED) is 0.503. The highest BCUT2D eigenvalue weighted by molar-refractivity contribution is 7.21. The number of thiazole rings is 1. The van der Waals surface area contributed by atoms with E-state index < -0.39 is 4.92 Å². The van der Waals surface area contributed by atoms with Gasteiger partial charge in [0.05, 0.1) is 15.1 Å². The van der Waals surface area contributed by atoms with Crippen LogP contribution in [0, 0.1) is 10.1 Å². The van der Waals surface area contributed by atoms with Gasteiger partial charge in [0.25, 0.3) is 0 Å². The van der Waals surface area contributed by atoms with Crippen molar-refractivity contribution in [2.24, 2.45) is 0 Å². The van der Waals surface area contributed by atoms with Crippen LogP contribution in [0.5, 0.6) is 5.75 Å². The van der Waals surface area contributed by atoms with Crippen molar-refractivity contribution in [2.45, 2.75) is 0 Å². The Kier molecular flexibility index (Phi) is 4.73. The third-order valence-electron chi connectivity index (χ3n) is 3.49. The maximum Gasteiger partial charge on any atom is 0.311 e. The Morgan fingerprint density at radius 3 is 2.75 bits per heavy atom. The number of aromatic nitrogens is 1. The van der Waals surface area contributed by atoms with Gasteiger partial charge in [-0.2, -0.15) is 0 Å². The summed E-state index contributed by atoms with van der Waals surface area (Å²) < 4.78 is 6.62. The number of nitro groups is 1. The van der Waals surface area contributed by atoms with Crippen LogP contribution in [0.3, 0.4) is 0 Å². The number of fused-ring (bicyclic) bond motifs is 1. The molecule has 0 spiro atoms. The minimum Gasteiger partial charge on any atom is -0.485 e. The van der Waals surface area contributed by atoms with E-state index in [4.69, 9.17) is 4.74 Å². The van der Waals surface area contributed by atoms with Gasteiger partial charge in [-0.15, -0.1) is 11.3 Å². The lowest BCUT2D eigenvalue weighted by molar-refractivity contribution is -0.385. The Morgan fingerprint density at radius 2 is 2.04 bits per heavy atom. The van der Waals surface area contributed by atoms with Crippen LogP contribution in [0.4, 0.5) is 5.69 Å². The molecule has 24 heavy (non-hydrogen) atoms. The number of nitrogens with zero attached hydrogens (tertiary/aromatic N) is 3. The van der Waals surface area contributed by atoms with Crippen molar-refractivity contribution in [3.63, 3.8) is 0 Å². The predicted molar refractivity (Wildman–Crippen MR) is 95.8 cm³/mol. The highest BCUT2D eigenvalue weighted by Gasteiger charge is 2.18. The number of rotatable bonds is 6. The maximum absolute atomic E-state index is 11.4. The molecule has 3 aromatic rings. The minimum atomic E-state index is -0.415. The van der Waals surface area contributed by atoms with Gasteiger partial charge in [0.2, 0.25) is 0 Å². The second-order valence-electron chi connectivity index (χ2n) is 5.58. The molecule has 0 bridgehead atoms. The van der Waals surface area contributed by atoms with Crippen molar-refractivity contribution >= 4 is 27.2 Å². The van der Waals surface area contributed by atoms with E-state index in [-0.39, 0.29) is 11.4 Å². The zero-order chi connectivity index (χ0) is 17.1. The van der Waals surface area contributed by atoms with Gasteiger partial charge < -0.3 is 9.64 Å². The summed E-state index contributed by atoms with van der Waals surface area (Å²) in [5.41, 5.74) is 1.58. The van der Waals surface area contributed by atoms with Crippen LogP contribution in [0.1, 0.15) is 0 Å². The van der Waals surface area contributed by atoms with E-state index in [0.29, 0.717) is 13.2 Å². The topological polar surface area (TPSA) is 68.5 Å². The molecular weight excluding hydrogens is 326 g/mol. The molecule has 0 radical (unpaired) electrons. The number of nitro benzene ring substituents is 1. The highest BCUT2D eigenvalue weighted by atomic mass is 32.1. The van der Waals surface area contributed by atoms with Gasteiger partial charge >= 0.3 is 5.69 Å². The molecule has 1 aromatic heterocycles. The molecule has 0 amide bonds. The molecule has 7 heteroatoms. The summed E-state index contributed by atoms with van der Waals surface area (Å²) in [6, 6.07) is 12.8. The first-order chi connectivity index (χ1) is 11.5. The summed E-state index contributed by atoms with van der Waals surface area (Å²) in [4.78, 5) is 17.5. The number of hydrogen-bond acceptors (Lipinski definition) is 6. The van der Waals surface area contributed by atoms with Crippen LogP contribution >= 0.6 is 11.3 Å². The van der Waals surface area contributed by atoms with Crippen molar-refractivity contribution in [2.75, 3.05) is 27.2 Å². The average Bonchev–Trinajstić information content (AvgIpc) is 2.98. The summed E-state index contributed by atoms with van der Waals surface area (Å²) in [6.07, 6.45) is 0. The van der Waals surface area contributed by atoms with E-state index in [2.05, 4.69) is 4.98 Å². The van der Waals surface area contributed by atoms with Crippen molar-refractivity contribution in [3.05, 3.63) is 52.6 Å². The second-order valence-corrected chi connectivity index (χ2v) is 6.61. The zero-order valence-electron chi connectivity index (χ0n) is 13.4. The molecule has 0 N–H and O–H groups in total. The molecule has 0 aliphatic heterocycles. The van der Waals surface area contributed by atoms with Crippen molar-refractivity contribution < 1.29 is 9.66 Å². The van der Waals surface area contributed by atoms with E-state index in [1.165, 1.54) is 17.4 Å². The molecule has 124 valence electrons. The third kappa shape index (κ3) is 3.52. The lowest BCUT2D eigenvalue weighted by atomic mass is 10.2. The lowest BCUT2D eigenvalue weighted by Crippen LogP contribution is -2.19. The van der Waals surface area contributed by atoms with Crippen LogP contribution in [0.25, 0.3) is 20.8 Å². The van der Waals surface area contributed by atoms with Crippen molar-refractivity contribution in [1.82, 2.24) is 9.88 Å². The monoisotopic (exact) mass is 343 g/mol. The molecule has 3 rings (SSSR count). The summed E-state index contributed by atoms with van der Waals surface area (Å²) in [5, 5.41) is 12.1. The van der Waals surface area contributed by atoms with Crippen LogP contribution < -0.4 is 4.74 Å². The molecule has 0 aliphatic rings. The van der Waals surface area contributed by atoms with E-state index in [9.17, 15) is 10.1 Å². The Morgan fingerprint density at radius 1 is 1.25 bits per heavy atom. The predicted octanol–water partition coefficient (Wildman–Crippen LogP) is 3.81. The fourth-order valence-corrected chi connectivity index (χ4v) is 3.21. The molecule has 6 nitrogen and oxygen atoms in total. The van der Waals surface area contributed by atoms with Gasteiger partial charge in [0.15, 0.2) is 5.75 Å². The SMILES string of the molecule is CN(C)CCOc1ccc(-c2nc3ccccc3s2)cc1[N+](=O)[O-]. The van der Waals surface area contributed by atoms with Crippen molar-refractivity contribution in [3.8, 4) is 16.3 Å². The smallest absolute Gasteiger partial charge is 0.311 e. The molecule has 0 aliphatic carbocycles. The Bertz CT molecular complexity index is 843. The second kappa shape index (κ2) is 6.94. The number of para-hydroxylation sites is 1. The Labute approximate surface area is 143 Å². The fourth-order valence-electron chi connectivity index (χ4n) is 2.25. The van der Waals surface area contributed by atoms with Gasteiger partial charge in [0, 0.05) is 18.2 Å². The largest absolute Gasteiger partial charge is 0.485 e. The molecule has 0 saturated carbocycles. The minimum absolute atomic E-state index is 0.0366. The number of ether oxygens (including phenoxy) is 1. The summed E-state index contributed by atoms with van der Waals surface area (Å²) >= 11 is 1.52. The molecule has 0 unspecified atom stereocenters. The van der Waals surface area contributed by atoms with E-state index in [0.717, 1.165) is 20.8 Å². The maximum atomic E-state index is 11.4. The normalized spacial score (nSPS) is 11.1. The van der Waals surface area contributed by atoms with Gasteiger partial charge in [-0.25, -0.2) is 4.98 Å². The molecule has 2 aromatic carbocycles. The Hall–Kier alpha value is -2.51. The zero-order valence-corrected chi connectivity index (χ0v) is 14.2. The number of benzene rings is 2. The fraction of sp³-hybridized carbons (Fsp3) is 0.235. The first-order valence-corrected chi connectivity index (χ1v) is 8.28. The van der Waals surface area contributed by atoms with E-state index in [1.807, 2.05) is 49.3 Å². The van der Waals surface area contributed by atoms with E-state index in [1.54, 1.807) is 6.07 Å². The molecule has 0 saturated heterocycles. The first kappa shape index (κ1) is 16.4. The third-order valence-corrected chi connectivity index (χ3v) is 4.58. The molecule has 0 fully saturated rings. The van der Waals surface area contributed by atoms with Gasteiger partial charge in [-0.3, -0.25) is 10.1 Å². The number of likely N-dealkylation sites (N-methyl/N-ethyl adjacent to an activating group) is 1. The van der Waals surface area contributed by atoms with Gasteiger partial charge in [-0.05, 0) is 38.4 Å². The first-order valence-electron chi connectivity index (χ1n) is 7.46.